The molecule has 20 heavy (non-hydrogen) atoms. The number of hydrogen-bond acceptors (Lipinski definition) is 5. The molecule has 0 aromatic heterocycles. The topological polar surface area (TPSA) is 182 Å². The summed E-state index contributed by atoms with van der Waals surface area (Å²) in [6.45, 7) is 0.0183. The molecule has 11 heteroatoms. The molecule has 0 aliphatic rings. The summed E-state index contributed by atoms with van der Waals surface area (Å²) in [4.78, 5) is 32.7. The quantitative estimate of drug-likeness (QED) is 0.298. The molecule has 0 heterocycles. The number of sulfonamides is 1. The molecule has 116 valence electrons. The highest BCUT2D eigenvalue weighted by molar-refractivity contribution is 7.89. The summed E-state index contributed by atoms with van der Waals surface area (Å²) in [6.07, 6.45) is -0.205. The van der Waals surface area contributed by atoms with Gasteiger partial charge in [0.2, 0.25) is 15.9 Å². The average molecular weight is 310 g/mol. The molecule has 0 spiro atoms. The van der Waals surface area contributed by atoms with E-state index in [1.54, 1.807) is 0 Å². The second-order valence-corrected chi connectivity index (χ2v) is 5.75. The zero-order valence-corrected chi connectivity index (χ0v) is 11.5. The largest absolute Gasteiger partial charge is 0.480 e. The number of rotatable bonds is 9. The maximum Gasteiger partial charge on any atom is 0.326 e. The van der Waals surface area contributed by atoms with Crippen LogP contribution in [0.1, 0.15) is 19.3 Å². The number of carboxylic acid groups (broad SMARTS) is 1. The third-order valence-corrected chi connectivity index (χ3v) is 3.03. The van der Waals surface area contributed by atoms with Gasteiger partial charge < -0.3 is 21.5 Å². The van der Waals surface area contributed by atoms with Gasteiger partial charge in [-0.1, -0.05) is 0 Å². The van der Waals surface area contributed by atoms with Gasteiger partial charge in [0.05, 0.1) is 5.75 Å². The fraction of sp³-hybridized carbons (Fsp3) is 0.667. The molecular weight excluding hydrogens is 292 g/mol. The average Bonchev–Trinajstić information content (AvgIpc) is 2.28. The minimum Gasteiger partial charge on any atom is -0.480 e. The molecule has 0 fully saturated rings. The van der Waals surface area contributed by atoms with E-state index in [-0.39, 0.29) is 31.6 Å². The van der Waals surface area contributed by atoms with Crippen LogP contribution in [0, 0.1) is 0 Å². The molecule has 0 saturated carbocycles. The Hall–Kier alpha value is -1.88. The Balaban J connectivity index is 4.07. The van der Waals surface area contributed by atoms with Gasteiger partial charge in [-0.15, -0.1) is 0 Å². The Kier molecular flexibility index (Phi) is 7.54. The van der Waals surface area contributed by atoms with Crippen molar-refractivity contribution in [2.24, 2.45) is 10.9 Å². The van der Waals surface area contributed by atoms with Crippen molar-refractivity contribution < 1.29 is 27.9 Å². The van der Waals surface area contributed by atoms with Crippen molar-refractivity contribution in [3.05, 3.63) is 0 Å². The van der Waals surface area contributed by atoms with Gasteiger partial charge in [0.15, 0.2) is 0 Å². The number of nitrogens with one attached hydrogen (secondary N) is 2. The summed E-state index contributed by atoms with van der Waals surface area (Å²) >= 11 is 0. The number of carbonyl (C=O) groups excluding carboxylic acids is 2. The highest BCUT2D eigenvalue weighted by Gasteiger charge is 2.20. The van der Waals surface area contributed by atoms with Crippen molar-refractivity contribution in [1.82, 2.24) is 10.6 Å². The van der Waals surface area contributed by atoms with E-state index in [1.807, 2.05) is 0 Å². The number of nitrogens with two attached hydrogens (primary N) is 2. The molecule has 0 radical (unpaired) electrons. The summed E-state index contributed by atoms with van der Waals surface area (Å²) < 4.78 is 21.2. The van der Waals surface area contributed by atoms with Crippen LogP contribution in [-0.4, -0.2) is 49.8 Å². The lowest BCUT2D eigenvalue weighted by Crippen LogP contribution is -2.46. The number of aliphatic carboxylic acids is 1. The van der Waals surface area contributed by atoms with Crippen LogP contribution < -0.4 is 21.5 Å². The van der Waals surface area contributed by atoms with E-state index in [0.717, 1.165) is 0 Å². The van der Waals surface area contributed by atoms with E-state index in [1.165, 1.54) is 0 Å². The molecule has 1 atom stereocenters. The first kappa shape index (κ1) is 18.1. The second kappa shape index (κ2) is 8.32. The van der Waals surface area contributed by atoms with Crippen LogP contribution in [0.15, 0.2) is 0 Å². The summed E-state index contributed by atoms with van der Waals surface area (Å²) in [5.41, 5.74) is 4.88. The van der Waals surface area contributed by atoms with Crippen LogP contribution in [0.25, 0.3) is 0 Å². The standard InChI is InChI=1S/C9H18N4O6S/c10-7(14)3-2-6(8(15)16)13-9(17)12-4-1-5-20(11,18)19/h6H,1-5H2,(H2,10,14)(H,15,16)(H2,11,18,19)(H2,12,13,17)/t6-/m0/s1. The number of carboxylic acids is 1. The monoisotopic (exact) mass is 310 g/mol. The zero-order valence-electron chi connectivity index (χ0n) is 10.7. The molecule has 3 amide bonds. The molecule has 7 N–H and O–H groups in total. The highest BCUT2D eigenvalue weighted by Crippen LogP contribution is 1.97. The van der Waals surface area contributed by atoms with Crippen LogP contribution in [0.3, 0.4) is 0 Å². The van der Waals surface area contributed by atoms with Crippen LogP contribution in [0.4, 0.5) is 4.79 Å². The van der Waals surface area contributed by atoms with Gasteiger partial charge in [-0.05, 0) is 12.8 Å². The highest BCUT2D eigenvalue weighted by atomic mass is 32.2. The lowest BCUT2D eigenvalue weighted by molar-refractivity contribution is -0.139. The van der Waals surface area contributed by atoms with Gasteiger partial charge in [-0.3, -0.25) is 4.79 Å². The van der Waals surface area contributed by atoms with Gasteiger partial charge >= 0.3 is 12.0 Å². The van der Waals surface area contributed by atoms with Crippen molar-refractivity contribution in [2.75, 3.05) is 12.3 Å². The van der Waals surface area contributed by atoms with E-state index in [2.05, 4.69) is 10.6 Å². The maximum atomic E-state index is 11.3. The van der Waals surface area contributed by atoms with E-state index in [0.29, 0.717) is 0 Å². The normalized spacial score (nSPS) is 12.4. The number of primary sulfonamides is 1. The summed E-state index contributed by atoms with van der Waals surface area (Å²) in [6, 6.07) is -2.03. The SMILES string of the molecule is NC(=O)CC[C@H](NC(=O)NCCCS(N)(=O)=O)C(=O)O. The minimum atomic E-state index is -3.59. The Morgan fingerprint density at radius 3 is 2.30 bits per heavy atom. The Labute approximate surface area is 115 Å². The molecule has 0 aromatic rings. The van der Waals surface area contributed by atoms with Crippen LogP contribution in [0.5, 0.6) is 0 Å². The van der Waals surface area contributed by atoms with Crippen molar-refractivity contribution in [3.63, 3.8) is 0 Å². The molecule has 0 bridgehead atoms. The third kappa shape index (κ3) is 10.1. The number of amides is 3. The molecule has 0 aliphatic carbocycles. The fourth-order valence-corrected chi connectivity index (χ4v) is 1.78. The lowest BCUT2D eigenvalue weighted by Gasteiger charge is -2.14. The third-order valence-electron chi connectivity index (χ3n) is 2.17. The van der Waals surface area contributed by atoms with Crippen molar-refractivity contribution in [3.8, 4) is 0 Å². The van der Waals surface area contributed by atoms with Crippen molar-refractivity contribution >= 4 is 27.9 Å². The first-order valence-corrected chi connectivity index (χ1v) is 7.39. The van der Waals surface area contributed by atoms with Gasteiger partial charge in [0, 0.05) is 13.0 Å². The Morgan fingerprint density at radius 1 is 1.25 bits per heavy atom. The van der Waals surface area contributed by atoms with E-state index in [4.69, 9.17) is 16.0 Å². The maximum absolute atomic E-state index is 11.3. The predicted molar refractivity (Wildman–Crippen MR) is 69.0 cm³/mol. The van der Waals surface area contributed by atoms with E-state index < -0.39 is 34.0 Å². The van der Waals surface area contributed by atoms with Crippen molar-refractivity contribution in [2.45, 2.75) is 25.3 Å². The van der Waals surface area contributed by atoms with Gasteiger partial charge in [-0.25, -0.2) is 23.1 Å². The molecule has 0 rings (SSSR count). The molecule has 10 nitrogen and oxygen atoms in total. The first-order valence-electron chi connectivity index (χ1n) is 5.68. The van der Waals surface area contributed by atoms with Crippen LogP contribution >= 0.6 is 0 Å². The fourth-order valence-electron chi connectivity index (χ4n) is 1.23. The van der Waals surface area contributed by atoms with Crippen LogP contribution in [-0.2, 0) is 19.6 Å². The zero-order chi connectivity index (χ0) is 15.8. The number of primary amides is 1. The number of carbonyl (C=O) groups is 3. The first-order chi connectivity index (χ1) is 9.11. The lowest BCUT2D eigenvalue weighted by atomic mass is 10.1. The molecule has 0 aromatic carbocycles. The van der Waals surface area contributed by atoms with E-state index in [9.17, 15) is 22.8 Å². The molecule has 0 unspecified atom stereocenters. The second-order valence-electron chi connectivity index (χ2n) is 4.02. The Morgan fingerprint density at radius 2 is 1.85 bits per heavy atom. The minimum absolute atomic E-state index is 0.0183. The van der Waals surface area contributed by atoms with Crippen LogP contribution in [0.2, 0.25) is 0 Å². The van der Waals surface area contributed by atoms with Crippen molar-refractivity contribution in [1.29, 1.82) is 0 Å². The van der Waals surface area contributed by atoms with Gasteiger partial charge in [0.25, 0.3) is 0 Å². The molecule has 0 aliphatic heterocycles. The Bertz CT molecular complexity index is 463. The van der Waals surface area contributed by atoms with Gasteiger partial charge in [0.1, 0.15) is 6.04 Å². The smallest absolute Gasteiger partial charge is 0.326 e. The summed E-state index contributed by atoms with van der Waals surface area (Å²) in [7, 11) is -3.59. The predicted octanol–water partition coefficient (Wildman–Crippen LogP) is -2.32. The summed E-state index contributed by atoms with van der Waals surface area (Å²) in [5, 5.41) is 18.0. The molecular formula is C9H18N4O6S. The van der Waals surface area contributed by atoms with E-state index >= 15 is 0 Å². The number of urea groups is 1. The summed E-state index contributed by atoms with van der Waals surface area (Å²) in [5.74, 6) is -2.27. The van der Waals surface area contributed by atoms with Gasteiger partial charge in [-0.2, -0.15) is 0 Å². The molecule has 0 saturated heterocycles. The number of hydrogen-bond donors (Lipinski definition) is 5.